The molecule has 3 rings (SSSR count). The molecule has 3 aromatic rings. The first-order chi connectivity index (χ1) is 12.6. The number of aromatic nitrogens is 2. The summed E-state index contributed by atoms with van der Waals surface area (Å²) >= 11 is 12.0. The quantitative estimate of drug-likeness (QED) is 0.654. The van der Waals surface area contributed by atoms with E-state index in [0.717, 1.165) is 5.56 Å². The number of carbonyl (C=O) groups is 1. The van der Waals surface area contributed by atoms with Crippen molar-refractivity contribution in [1.29, 1.82) is 0 Å². The van der Waals surface area contributed by atoms with Gasteiger partial charge >= 0.3 is 0 Å². The fourth-order valence-electron chi connectivity index (χ4n) is 2.31. The summed E-state index contributed by atoms with van der Waals surface area (Å²) in [6.07, 6.45) is 3.64. The molecule has 0 radical (unpaired) electrons. The van der Waals surface area contributed by atoms with Crippen LogP contribution in [0.1, 0.15) is 15.9 Å². The molecule has 0 fully saturated rings. The summed E-state index contributed by atoms with van der Waals surface area (Å²) in [6.45, 7) is 0.499. The largest absolute Gasteiger partial charge is 0.352 e. The predicted octanol–water partition coefficient (Wildman–Crippen LogP) is 4.50. The van der Waals surface area contributed by atoms with Crippen molar-refractivity contribution in [2.75, 3.05) is 11.9 Å². The van der Waals surface area contributed by atoms with Crippen molar-refractivity contribution in [1.82, 2.24) is 15.3 Å². The first kappa shape index (κ1) is 18.2. The van der Waals surface area contributed by atoms with E-state index >= 15 is 0 Å². The van der Waals surface area contributed by atoms with Crippen LogP contribution in [-0.2, 0) is 6.42 Å². The van der Waals surface area contributed by atoms with Crippen LogP contribution in [-0.4, -0.2) is 22.4 Å². The SMILES string of the molecule is O=C(NCCc1cccc(Cl)c1)c1cnc(Nc2ccccc2Cl)nc1. The molecule has 0 bridgehead atoms. The van der Waals surface area contributed by atoms with Crippen molar-refractivity contribution in [3.8, 4) is 0 Å². The molecule has 5 nitrogen and oxygen atoms in total. The number of amides is 1. The third kappa shape index (κ3) is 4.94. The summed E-state index contributed by atoms with van der Waals surface area (Å²) in [6, 6.07) is 14.8. The molecule has 0 saturated heterocycles. The van der Waals surface area contributed by atoms with Gasteiger partial charge in [0.1, 0.15) is 0 Å². The Morgan fingerprint density at radius 3 is 2.50 bits per heavy atom. The number of rotatable bonds is 6. The van der Waals surface area contributed by atoms with E-state index in [-0.39, 0.29) is 5.91 Å². The zero-order chi connectivity index (χ0) is 18.4. The van der Waals surface area contributed by atoms with Crippen molar-refractivity contribution >= 4 is 40.7 Å². The van der Waals surface area contributed by atoms with Gasteiger partial charge < -0.3 is 10.6 Å². The molecule has 2 aromatic carbocycles. The number of nitrogens with one attached hydrogen (secondary N) is 2. The molecule has 1 aromatic heterocycles. The summed E-state index contributed by atoms with van der Waals surface area (Å²) < 4.78 is 0. The van der Waals surface area contributed by atoms with E-state index in [2.05, 4.69) is 20.6 Å². The van der Waals surface area contributed by atoms with E-state index in [9.17, 15) is 4.79 Å². The Bertz CT molecular complexity index is 900. The van der Waals surface area contributed by atoms with Crippen LogP contribution in [0.25, 0.3) is 0 Å². The second-order valence-electron chi connectivity index (χ2n) is 5.54. The van der Waals surface area contributed by atoms with Crippen LogP contribution in [0.5, 0.6) is 0 Å². The normalized spacial score (nSPS) is 10.4. The monoisotopic (exact) mass is 386 g/mol. The summed E-state index contributed by atoms with van der Waals surface area (Å²) in [5.41, 5.74) is 2.15. The van der Waals surface area contributed by atoms with E-state index in [0.29, 0.717) is 40.2 Å². The van der Waals surface area contributed by atoms with E-state index < -0.39 is 0 Å². The third-order valence-corrected chi connectivity index (χ3v) is 4.19. The van der Waals surface area contributed by atoms with Gasteiger partial charge in [0.05, 0.1) is 16.3 Å². The minimum Gasteiger partial charge on any atom is -0.352 e. The lowest BCUT2D eigenvalue weighted by Crippen LogP contribution is -2.26. The summed E-state index contributed by atoms with van der Waals surface area (Å²) in [4.78, 5) is 20.5. The van der Waals surface area contributed by atoms with Gasteiger partial charge in [0.25, 0.3) is 5.91 Å². The Balaban J connectivity index is 1.54. The Labute approximate surface area is 161 Å². The number of hydrogen-bond acceptors (Lipinski definition) is 4. The number of nitrogens with zero attached hydrogens (tertiary/aromatic N) is 2. The smallest absolute Gasteiger partial charge is 0.254 e. The highest BCUT2D eigenvalue weighted by Crippen LogP contribution is 2.22. The number of anilines is 2. The fourth-order valence-corrected chi connectivity index (χ4v) is 2.70. The van der Waals surface area contributed by atoms with E-state index in [1.54, 1.807) is 6.07 Å². The van der Waals surface area contributed by atoms with Crippen molar-refractivity contribution < 1.29 is 4.79 Å². The van der Waals surface area contributed by atoms with Crippen LogP contribution in [0.3, 0.4) is 0 Å². The van der Waals surface area contributed by atoms with E-state index in [1.807, 2.05) is 42.5 Å². The van der Waals surface area contributed by atoms with Gasteiger partial charge in [-0.25, -0.2) is 9.97 Å². The minimum absolute atomic E-state index is 0.226. The lowest BCUT2D eigenvalue weighted by atomic mass is 10.1. The maximum absolute atomic E-state index is 12.2. The van der Waals surface area contributed by atoms with Gasteiger partial charge in [0.15, 0.2) is 0 Å². The number of halogens is 2. The Hall–Kier alpha value is -2.63. The molecule has 2 N–H and O–H groups in total. The second kappa shape index (κ2) is 8.65. The van der Waals surface area contributed by atoms with Gasteiger partial charge in [0, 0.05) is 24.0 Å². The molecule has 7 heteroatoms. The average molecular weight is 387 g/mol. The third-order valence-electron chi connectivity index (χ3n) is 3.62. The zero-order valence-corrected chi connectivity index (χ0v) is 15.3. The molecule has 1 heterocycles. The molecule has 0 unspecified atom stereocenters. The molecular formula is C19H16Cl2N4O. The molecule has 0 aliphatic rings. The number of benzene rings is 2. The van der Waals surface area contributed by atoms with Crippen LogP contribution >= 0.6 is 23.2 Å². The van der Waals surface area contributed by atoms with Gasteiger partial charge in [0.2, 0.25) is 5.95 Å². The number of hydrogen-bond donors (Lipinski definition) is 2. The topological polar surface area (TPSA) is 66.9 Å². The van der Waals surface area contributed by atoms with Crippen molar-refractivity contribution in [2.24, 2.45) is 0 Å². The maximum atomic E-state index is 12.2. The lowest BCUT2D eigenvalue weighted by molar-refractivity contribution is 0.0953. The van der Waals surface area contributed by atoms with E-state index in [4.69, 9.17) is 23.2 Å². The van der Waals surface area contributed by atoms with Gasteiger partial charge in [-0.3, -0.25) is 4.79 Å². The van der Waals surface area contributed by atoms with Crippen LogP contribution in [0.15, 0.2) is 60.9 Å². The highest BCUT2D eigenvalue weighted by molar-refractivity contribution is 6.33. The summed E-state index contributed by atoms with van der Waals surface area (Å²) in [5, 5.41) is 7.10. The molecular weight excluding hydrogens is 371 g/mol. The maximum Gasteiger partial charge on any atom is 0.254 e. The molecule has 0 spiro atoms. The van der Waals surface area contributed by atoms with Crippen molar-refractivity contribution in [3.63, 3.8) is 0 Å². The minimum atomic E-state index is -0.226. The Kier molecular flexibility index (Phi) is 6.04. The van der Waals surface area contributed by atoms with Crippen molar-refractivity contribution in [2.45, 2.75) is 6.42 Å². The van der Waals surface area contributed by atoms with E-state index in [1.165, 1.54) is 12.4 Å². The fraction of sp³-hybridized carbons (Fsp3) is 0.105. The van der Waals surface area contributed by atoms with Crippen LogP contribution in [0.2, 0.25) is 10.0 Å². The van der Waals surface area contributed by atoms with Gasteiger partial charge in [-0.2, -0.15) is 0 Å². The highest BCUT2D eigenvalue weighted by Gasteiger charge is 2.08. The first-order valence-corrected chi connectivity index (χ1v) is 8.73. The molecule has 132 valence electrons. The summed E-state index contributed by atoms with van der Waals surface area (Å²) in [7, 11) is 0. The van der Waals surface area contributed by atoms with Crippen LogP contribution < -0.4 is 10.6 Å². The summed E-state index contributed by atoms with van der Waals surface area (Å²) in [5.74, 6) is 0.143. The molecule has 0 atom stereocenters. The average Bonchev–Trinajstić information content (AvgIpc) is 2.64. The van der Waals surface area contributed by atoms with Gasteiger partial charge in [-0.1, -0.05) is 47.5 Å². The predicted molar refractivity (Wildman–Crippen MR) is 104 cm³/mol. The van der Waals surface area contributed by atoms with Gasteiger partial charge in [-0.05, 0) is 36.2 Å². The Morgan fingerprint density at radius 1 is 1.00 bits per heavy atom. The number of carbonyl (C=O) groups excluding carboxylic acids is 1. The Morgan fingerprint density at radius 2 is 1.77 bits per heavy atom. The molecule has 0 aliphatic carbocycles. The first-order valence-electron chi connectivity index (χ1n) is 7.98. The lowest BCUT2D eigenvalue weighted by Gasteiger charge is -2.08. The second-order valence-corrected chi connectivity index (χ2v) is 6.38. The molecule has 26 heavy (non-hydrogen) atoms. The highest BCUT2D eigenvalue weighted by atomic mass is 35.5. The zero-order valence-electron chi connectivity index (χ0n) is 13.7. The van der Waals surface area contributed by atoms with Crippen LogP contribution in [0, 0.1) is 0 Å². The standard InChI is InChI=1S/C19H16Cl2N4O/c20-15-5-3-4-13(10-15)8-9-22-18(26)14-11-23-19(24-12-14)25-17-7-2-1-6-16(17)21/h1-7,10-12H,8-9H2,(H,22,26)(H,23,24,25). The molecule has 0 aliphatic heterocycles. The van der Waals surface area contributed by atoms with Crippen molar-refractivity contribution in [3.05, 3.63) is 82.1 Å². The molecule has 1 amide bonds. The van der Waals surface area contributed by atoms with Gasteiger partial charge in [-0.15, -0.1) is 0 Å². The van der Waals surface area contributed by atoms with Crippen LogP contribution in [0.4, 0.5) is 11.6 Å². The molecule has 0 saturated carbocycles. The number of para-hydroxylation sites is 1.